The van der Waals surface area contributed by atoms with E-state index in [1.165, 1.54) is 27.6 Å². The zero-order chi connectivity index (χ0) is 21.2. The molecule has 1 atom stereocenters. The number of nitrogens with one attached hydrogen (secondary N) is 1. The van der Waals surface area contributed by atoms with Crippen molar-refractivity contribution in [3.05, 3.63) is 60.3 Å². The predicted octanol–water partition coefficient (Wildman–Crippen LogP) is 5.40. The molecule has 5 heteroatoms. The second-order valence-corrected chi connectivity index (χ2v) is 10.9. The van der Waals surface area contributed by atoms with E-state index in [1.807, 2.05) is 6.07 Å². The van der Waals surface area contributed by atoms with Crippen molar-refractivity contribution in [3.63, 3.8) is 0 Å². The van der Waals surface area contributed by atoms with Gasteiger partial charge >= 0.3 is 0 Å². The highest BCUT2D eigenvalue weighted by Gasteiger charge is 2.20. The van der Waals surface area contributed by atoms with Gasteiger partial charge in [-0.15, -0.1) is 0 Å². The first-order valence-corrected chi connectivity index (χ1v) is 11.9. The van der Waals surface area contributed by atoms with Gasteiger partial charge in [0.1, 0.15) is 0 Å². The lowest BCUT2D eigenvalue weighted by Gasteiger charge is -2.14. The Labute approximate surface area is 175 Å². The first-order valence-electron chi connectivity index (χ1n) is 10.4. The monoisotopic (exact) mass is 412 g/mol. The second-order valence-electron chi connectivity index (χ2n) is 8.57. The van der Waals surface area contributed by atoms with Crippen molar-refractivity contribution in [2.75, 3.05) is 6.54 Å². The molecule has 0 fully saturated rings. The molecule has 1 heterocycles. The minimum atomic E-state index is -3.27. The molecule has 1 N–H and O–H groups in total. The molecule has 1 aromatic heterocycles. The fourth-order valence-electron chi connectivity index (χ4n) is 3.59. The normalized spacial score (nSPS) is 13.5. The number of fused-ring (bicyclic) bond motifs is 1. The fraction of sp³-hybridized carbons (Fsp3) is 0.417. The molecule has 29 heavy (non-hydrogen) atoms. The van der Waals surface area contributed by atoms with E-state index in [0.717, 1.165) is 6.54 Å². The topological polar surface area (TPSA) is 51.1 Å². The lowest BCUT2D eigenvalue weighted by Crippen LogP contribution is -2.33. The van der Waals surface area contributed by atoms with Gasteiger partial charge in [-0.05, 0) is 48.4 Å². The third-order valence-corrected chi connectivity index (χ3v) is 7.13. The van der Waals surface area contributed by atoms with Gasteiger partial charge in [0.05, 0.1) is 5.25 Å². The highest BCUT2D eigenvalue weighted by atomic mass is 32.2. The van der Waals surface area contributed by atoms with E-state index >= 15 is 0 Å². The fourth-order valence-corrected chi connectivity index (χ4v) is 4.40. The number of sulfonamides is 1. The van der Waals surface area contributed by atoms with Crippen LogP contribution in [0.15, 0.2) is 54.7 Å². The third kappa shape index (κ3) is 4.90. The Morgan fingerprint density at radius 2 is 1.62 bits per heavy atom. The molecule has 0 aliphatic rings. The van der Waals surface area contributed by atoms with E-state index < -0.39 is 15.3 Å². The minimum Gasteiger partial charge on any atom is -0.347 e. The van der Waals surface area contributed by atoms with Crippen LogP contribution in [0, 0.1) is 5.92 Å². The minimum absolute atomic E-state index is 0.0852. The van der Waals surface area contributed by atoms with E-state index in [4.69, 9.17) is 0 Å². The Bertz CT molecular complexity index is 1070. The molecule has 0 aliphatic carbocycles. The van der Waals surface area contributed by atoms with Crippen LogP contribution in [0.3, 0.4) is 0 Å². The number of nitrogens with zero attached hydrogens (tertiary/aromatic N) is 1. The molecule has 156 valence electrons. The molecule has 0 saturated heterocycles. The zero-order valence-electron chi connectivity index (χ0n) is 18.0. The summed E-state index contributed by atoms with van der Waals surface area (Å²) in [4.78, 5) is 0. The Morgan fingerprint density at radius 1 is 0.931 bits per heavy atom. The molecule has 2 aromatic carbocycles. The number of hydrogen-bond acceptors (Lipinski definition) is 2. The molecule has 0 bridgehead atoms. The molecule has 3 rings (SSSR count). The maximum absolute atomic E-state index is 12.2. The first kappa shape index (κ1) is 21.6. The van der Waals surface area contributed by atoms with Crippen LogP contribution in [-0.2, 0) is 16.6 Å². The number of hydrogen-bond donors (Lipinski definition) is 1. The van der Waals surface area contributed by atoms with E-state index in [1.54, 1.807) is 13.8 Å². The van der Waals surface area contributed by atoms with E-state index in [-0.39, 0.29) is 5.92 Å². The highest BCUT2D eigenvalue weighted by Crippen LogP contribution is 2.32. The molecule has 0 spiro atoms. The lowest BCUT2D eigenvalue weighted by atomic mass is 9.98. The molecule has 1 unspecified atom stereocenters. The van der Waals surface area contributed by atoms with E-state index in [2.05, 4.69) is 78.7 Å². The van der Waals surface area contributed by atoms with Crippen molar-refractivity contribution in [3.8, 4) is 11.1 Å². The SMILES string of the molecule is CC(C)Cn1cc(C(C)CNS(=O)(=O)C(C)C)c2ccc(-c3ccccc3)cc21. The van der Waals surface area contributed by atoms with Crippen LogP contribution >= 0.6 is 0 Å². The first-order chi connectivity index (χ1) is 13.7. The quantitative estimate of drug-likeness (QED) is 0.539. The van der Waals surface area contributed by atoms with Crippen LogP contribution in [0.5, 0.6) is 0 Å². The summed E-state index contributed by atoms with van der Waals surface area (Å²) in [5.41, 5.74) is 4.78. The van der Waals surface area contributed by atoms with Gasteiger partial charge in [0.2, 0.25) is 10.0 Å². The maximum atomic E-state index is 12.2. The summed E-state index contributed by atoms with van der Waals surface area (Å²) in [6, 6.07) is 17.0. The number of benzene rings is 2. The Hall–Kier alpha value is -2.11. The zero-order valence-corrected chi connectivity index (χ0v) is 18.8. The van der Waals surface area contributed by atoms with Crippen LogP contribution in [0.4, 0.5) is 0 Å². The predicted molar refractivity (Wildman–Crippen MR) is 123 cm³/mol. The van der Waals surface area contributed by atoms with Crippen molar-refractivity contribution < 1.29 is 8.42 Å². The molecule has 0 aliphatic heterocycles. The molecule has 4 nitrogen and oxygen atoms in total. The summed E-state index contributed by atoms with van der Waals surface area (Å²) in [6.07, 6.45) is 2.20. The molecular weight excluding hydrogens is 380 g/mol. The lowest BCUT2D eigenvalue weighted by molar-refractivity contribution is 0.533. The highest BCUT2D eigenvalue weighted by molar-refractivity contribution is 7.90. The van der Waals surface area contributed by atoms with Crippen LogP contribution < -0.4 is 4.72 Å². The smallest absolute Gasteiger partial charge is 0.213 e. The van der Waals surface area contributed by atoms with Gasteiger partial charge in [-0.2, -0.15) is 0 Å². The Balaban J connectivity index is 1.99. The molecule has 0 saturated carbocycles. The average molecular weight is 413 g/mol. The van der Waals surface area contributed by atoms with Gasteiger partial charge in [-0.25, -0.2) is 13.1 Å². The van der Waals surface area contributed by atoms with Crippen LogP contribution in [0.25, 0.3) is 22.0 Å². The van der Waals surface area contributed by atoms with Crippen LogP contribution in [0.2, 0.25) is 0 Å². The summed E-state index contributed by atoms with van der Waals surface area (Å²) in [5, 5.41) is 0.770. The van der Waals surface area contributed by atoms with Gasteiger partial charge in [0, 0.05) is 30.2 Å². The van der Waals surface area contributed by atoms with E-state index in [0.29, 0.717) is 12.5 Å². The average Bonchev–Trinajstić information content (AvgIpc) is 3.04. The Kier molecular flexibility index (Phi) is 6.49. The standard InChI is InChI=1S/C24H32N2O2S/c1-17(2)15-26-16-23(19(5)14-25-29(27,28)18(3)4)22-12-11-21(13-24(22)26)20-9-7-6-8-10-20/h6-13,16-19,25H,14-15H2,1-5H3. The summed E-state index contributed by atoms with van der Waals surface area (Å²) < 4.78 is 29.4. The molecular formula is C24H32N2O2S. The summed E-state index contributed by atoms with van der Waals surface area (Å²) in [5.74, 6) is 0.607. The van der Waals surface area contributed by atoms with Crippen molar-refractivity contribution in [2.24, 2.45) is 5.92 Å². The summed E-state index contributed by atoms with van der Waals surface area (Å²) in [6.45, 7) is 11.3. The van der Waals surface area contributed by atoms with Crippen LogP contribution in [-0.4, -0.2) is 24.8 Å². The molecule has 0 radical (unpaired) electrons. The van der Waals surface area contributed by atoms with Gasteiger partial charge < -0.3 is 4.57 Å². The molecule has 0 amide bonds. The van der Waals surface area contributed by atoms with Gasteiger partial charge in [0.25, 0.3) is 0 Å². The summed E-state index contributed by atoms with van der Waals surface area (Å²) in [7, 11) is -3.27. The van der Waals surface area contributed by atoms with E-state index in [9.17, 15) is 8.42 Å². The van der Waals surface area contributed by atoms with Gasteiger partial charge in [-0.3, -0.25) is 0 Å². The van der Waals surface area contributed by atoms with Crippen molar-refractivity contribution in [1.29, 1.82) is 0 Å². The largest absolute Gasteiger partial charge is 0.347 e. The van der Waals surface area contributed by atoms with Gasteiger partial charge in [0.15, 0.2) is 0 Å². The number of rotatable bonds is 8. The number of aromatic nitrogens is 1. The third-order valence-electron chi connectivity index (χ3n) is 5.32. The molecule has 3 aromatic rings. The second kappa shape index (κ2) is 8.72. The summed E-state index contributed by atoms with van der Waals surface area (Å²) >= 11 is 0. The van der Waals surface area contributed by atoms with Gasteiger partial charge in [-0.1, -0.05) is 63.2 Å². The van der Waals surface area contributed by atoms with Crippen LogP contribution in [0.1, 0.15) is 46.1 Å². The van der Waals surface area contributed by atoms with Crippen molar-refractivity contribution >= 4 is 20.9 Å². The maximum Gasteiger partial charge on any atom is 0.213 e. The van der Waals surface area contributed by atoms with Crippen molar-refractivity contribution in [2.45, 2.75) is 52.3 Å². The van der Waals surface area contributed by atoms with Crippen molar-refractivity contribution in [1.82, 2.24) is 9.29 Å². The Morgan fingerprint density at radius 3 is 2.24 bits per heavy atom.